The zero-order valence-electron chi connectivity index (χ0n) is 18.3. The number of rotatable bonds is 6. The predicted molar refractivity (Wildman–Crippen MR) is 137 cm³/mol. The lowest BCUT2D eigenvalue weighted by Gasteiger charge is -2.14. The molecule has 0 fully saturated rings. The van der Waals surface area contributed by atoms with E-state index in [9.17, 15) is 0 Å². The highest BCUT2D eigenvalue weighted by Gasteiger charge is 2.15. The number of nitrogens with one attached hydrogen (secondary N) is 1. The maximum atomic E-state index is 6.42. The van der Waals surface area contributed by atoms with E-state index in [0.717, 1.165) is 39.3 Å². The van der Waals surface area contributed by atoms with Crippen LogP contribution in [0.4, 0.5) is 5.82 Å². The summed E-state index contributed by atoms with van der Waals surface area (Å²) in [6.07, 6.45) is 5.99. The number of nitrogens with two attached hydrogens (primary N) is 1. The lowest BCUT2D eigenvalue weighted by Crippen LogP contribution is -2.31. The van der Waals surface area contributed by atoms with Crippen molar-refractivity contribution in [3.8, 4) is 23.2 Å². The molecule has 0 aliphatic carbocycles. The van der Waals surface area contributed by atoms with Gasteiger partial charge in [-0.15, -0.1) is 11.3 Å². The van der Waals surface area contributed by atoms with Crippen LogP contribution in [-0.2, 0) is 6.42 Å². The molecule has 3 N–H and O–H groups in total. The van der Waals surface area contributed by atoms with Crippen LogP contribution in [0.1, 0.15) is 16.8 Å². The molecule has 4 heterocycles. The van der Waals surface area contributed by atoms with E-state index < -0.39 is 0 Å². The lowest BCUT2D eigenvalue weighted by atomic mass is 10.1. The molecule has 1 atom stereocenters. The molecule has 5 rings (SSSR count). The predicted octanol–water partition coefficient (Wildman–Crippen LogP) is 4.53. The fraction of sp³-hybridized carbons (Fsp3) is 0.111. The molecule has 1 aromatic carbocycles. The van der Waals surface area contributed by atoms with Gasteiger partial charge in [0.1, 0.15) is 17.0 Å². The van der Waals surface area contributed by atoms with Crippen molar-refractivity contribution in [2.75, 3.05) is 11.9 Å². The summed E-state index contributed by atoms with van der Waals surface area (Å²) in [5.74, 6) is 7.74. The quantitative estimate of drug-likeness (QED) is 0.361. The van der Waals surface area contributed by atoms with Gasteiger partial charge in [-0.2, -0.15) is 0 Å². The molecule has 0 aliphatic heterocycles. The zero-order chi connectivity index (χ0) is 23.2. The minimum Gasteiger partial charge on any atom is -0.367 e. The van der Waals surface area contributed by atoms with Crippen molar-refractivity contribution >= 4 is 27.4 Å². The summed E-state index contributed by atoms with van der Waals surface area (Å²) in [7, 11) is 0. The van der Waals surface area contributed by atoms with Gasteiger partial charge in [-0.25, -0.2) is 15.0 Å². The number of aromatic nitrogens is 4. The fourth-order valence-electron chi connectivity index (χ4n) is 3.54. The van der Waals surface area contributed by atoms with Crippen molar-refractivity contribution in [1.82, 2.24) is 19.9 Å². The molecule has 0 saturated heterocycles. The standard InChI is InChI=1S/C27H22N6S/c28-22(16-19-6-2-1-3-7-19)17-31-27-25-24(32-26(33-27)20-11-14-29-15-12-20)21(18-34-25)9-10-23-8-4-5-13-30-23/h1-8,11-15,18,22H,16-17,28H2,(H,31,32,33). The summed E-state index contributed by atoms with van der Waals surface area (Å²) in [5.41, 5.74) is 10.9. The summed E-state index contributed by atoms with van der Waals surface area (Å²) in [5, 5.41) is 5.48. The topological polar surface area (TPSA) is 89.6 Å². The number of thiophene rings is 1. The summed E-state index contributed by atoms with van der Waals surface area (Å²) >= 11 is 1.57. The third kappa shape index (κ3) is 5.09. The smallest absolute Gasteiger partial charge is 0.162 e. The Balaban J connectivity index is 1.47. The van der Waals surface area contributed by atoms with E-state index in [-0.39, 0.29) is 6.04 Å². The maximum absolute atomic E-state index is 6.42. The number of anilines is 1. The second-order valence-electron chi connectivity index (χ2n) is 7.75. The fourth-order valence-corrected chi connectivity index (χ4v) is 4.44. The third-order valence-corrected chi connectivity index (χ3v) is 6.19. The Bertz CT molecular complexity index is 1440. The van der Waals surface area contributed by atoms with Gasteiger partial charge in [-0.1, -0.05) is 42.3 Å². The number of benzene rings is 1. The van der Waals surface area contributed by atoms with E-state index in [0.29, 0.717) is 12.4 Å². The van der Waals surface area contributed by atoms with Crippen molar-refractivity contribution < 1.29 is 0 Å². The first kappa shape index (κ1) is 21.7. The lowest BCUT2D eigenvalue weighted by molar-refractivity contribution is 0.698. The number of fused-ring (bicyclic) bond motifs is 1. The van der Waals surface area contributed by atoms with Crippen LogP contribution in [0.5, 0.6) is 0 Å². The van der Waals surface area contributed by atoms with Crippen molar-refractivity contribution in [2.45, 2.75) is 12.5 Å². The van der Waals surface area contributed by atoms with Crippen LogP contribution in [0.25, 0.3) is 21.6 Å². The summed E-state index contributed by atoms with van der Waals surface area (Å²) in [6, 6.07) is 19.7. The number of pyridine rings is 2. The van der Waals surface area contributed by atoms with E-state index in [1.807, 2.05) is 53.9 Å². The molecular weight excluding hydrogens is 440 g/mol. The van der Waals surface area contributed by atoms with Crippen LogP contribution < -0.4 is 11.1 Å². The van der Waals surface area contributed by atoms with Crippen molar-refractivity contribution in [2.24, 2.45) is 5.73 Å². The van der Waals surface area contributed by atoms with E-state index in [2.05, 4.69) is 39.3 Å². The minimum absolute atomic E-state index is 0.0554. The number of nitrogens with zero attached hydrogens (tertiary/aromatic N) is 4. The molecule has 0 radical (unpaired) electrons. The monoisotopic (exact) mass is 462 g/mol. The molecule has 5 aromatic rings. The van der Waals surface area contributed by atoms with Gasteiger partial charge in [0.2, 0.25) is 0 Å². The van der Waals surface area contributed by atoms with Gasteiger partial charge in [0.05, 0.1) is 10.3 Å². The summed E-state index contributed by atoms with van der Waals surface area (Å²) in [6.45, 7) is 0.587. The molecule has 4 aromatic heterocycles. The van der Waals surface area contributed by atoms with Gasteiger partial charge in [-0.05, 0) is 42.2 Å². The molecule has 0 saturated carbocycles. The molecular formula is C27H22N6S. The SMILES string of the molecule is NC(CNc1nc(-c2ccncc2)nc2c(C#Cc3ccccn3)csc12)Cc1ccccc1. The first-order valence-corrected chi connectivity index (χ1v) is 11.8. The van der Waals surface area contributed by atoms with E-state index in [1.165, 1.54) is 5.56 Å². The molecule has 7 heteroatoms. The molecule has 166 valence electrons. The molecule has 0 aliphatic rings. The minimum atomic E-state index is -0.0554. The van der Waals surface area contributed by atoms with Crippen molar-refractivity contribution in [3.63, 3.8) is 0 Å². The summed E-state index contributed by atoms with van der Waals surface area (Å²) < 4.78 is 0.954. The van der Waals surface area contributed by atoms with Gasteiger partial charge in [0, 0.05) is 42.1 Å². The van der Waals surface area contributed by atoms with Gasteiger partial charge >= 0.3 is 0 Å². The number of hydrogen-bond acceptors (Lipinski definition) is 7. The van der Waals surface area contributed by atoms with Crippen LogP contribution in [0.2, 0.25) is 0 Å². The Morgan fingerprint density at radius 1 is 0.912 bits per heavy atom. The Kier molecular flexibility index (Phi) is 6.52. The van der Waals surface area contributed by atoms with Gasteiger partial charge in [0.25, 0.3) is 0 Å². The van der Waals surface area contributed by atoms with Gasteiger partial charge in [0.15, 0.2) is 5.82 Å². The normalized spacial score (nSPS) is 11.6. The van der Waals surface area contributed by atoms with Crippen LogP contribution in [0, 0.1) is 11.8 Å². The largest absolute Gasteiger partial charge is 0.367 e. The van der Waals surface area contributed by atoms with E-state index >= 15 is 0 Å². The Morgan fingerprint density at radius 2 is 1.74 bits per heavy atom. The first-order chi connectivity index (χ1) is 16.8. The van der Waals surface area contributed by atoms with Crippen LogP contribution in [-0.4, -0.2) is 32.5 Å². The van der Waals surface area contributed by atoms with Crippen LogP contribution >= 0.6 is 11.3 Å². The molecule has 6 nitrogen and oxygen atoms in total. The van der Waals surface area contributed by atoms with Crippen LogP contribution in [0.3, 0.4) is 0 Å². The highest BCUT2D eigenvalue weighted by molar-refractivity contribution is 7.18. The average molecular weight is 463 g/mol. The molecule has 0 spiro atoms. The van der Waals surface area contributed by atoms with Crippen LogP contribution in [0.15, 0.2) is 84.6 Å². The first-order valence-electron chi connectivity index (χ1n) is 10.9. The third-order valence-electron chi connectivity index (χ3n) is 5.22. The highest BCUT2D eigenvalue weighted by atomic mass is 32.1. The van der Waals surface area contributed by atoms with Crippen molar-refractivity contribution in [1.29, 1.82) is 0 Å². The Morgan fingerprint density at radius 3 is 2.53 bits per heavy atom. The number of hydrogen-bond donors (Lipinski definition) is 2. The van der Waals surface area contributed by atoms with Gasteiger partial charge < -0.3 is 11.1 Å². The second kappa shape index (κ2) is 10.2. The van der Waals surface area contributed by atoms with Crippen molar-refractivity contribution in [3.05, 3.63) is 101 Å². The highest BCUT2D eigenvalue weighted by Crippen LogP contribution is 2.32. The molecule has 34 heavy (non-hydrogen) atoms. The molecule has 0 bridgehead atoms. The van der Waals surface area contributed by atoms with E-state index in [1.54, 1.807) is 29.9 Å². The Hall–Kier alpha value is -4.12. The summed E-state index contributed by atoms with van der Waals surface area (Å²) in [4.78, 5) is 18.1. The average Bonchev–Trinajstić information content (AvgIpc) is 3.31. The maximum Gasteiger partial charge on any atom is 0.162 e. The zero-order valence-corrected chi connectivity index (χ0v) is 19.2. The Labute approximate surface area is 202 Å². The second-order valence-corrected chi connectivity index (χ2v) is 8.63. The van der Waals surface area contributed by atoms with E-state index in [4.69, 9.17) is 15.7 Å². The van der Waals surface area contributed by atoms with Gasteiger partial charge in [-0.3, -0.25) is 4.98 Å². The molecule has 1 unspecified atom stereocenters. The molecule has 0 amide bonds.